The molecule has 1 aromatic rings. The Bertz CT molecular complexity index is 239. The van der Waals surface area contributed by atoms with Crippen LogP contribution in [-0.2, 0) is 0 Å². The average molecular weight is 221 g/mol. The molecule has 0 radical (unpaired) electrons. The summed E-state index contributed by atoms with van der Waals surface area (Å²) in [5, 5.41) is 3.58. The van der Waals surface area contributed by atoms with E-state index in [-0.39, 0.29) is 0 Å². The number of nitrogens with zero attached hydrogens (tertiary/aromatic N) is 1. The summed E-state index contributed by atoms with van der Waals surface area (Å²) in [5.74, 6) is 0. The maximum Gasteiger partial charge on any atom is 0.107 e. The van der Waals surface area contributed by atoms with E-state index >= 15 is 0 Å². The molecular weight excluding hydrogens is 215 g/mol. The first-order valence-electron chi connectivity index (χ1n) is 2.73. The lowest BCUT2D eigenvalue weighted by Gasteiger charge is -2.00. The molecule has 0 saturated heterocycles. The van der Waals surface area contributed by atoms with Crippen LogP contribution in [-0.4, -0.2) is 12.0 Å². The molecule has 2 nitrogen and oxygen atoms in total. The predicted molar refractivity (Wildman–Crippen MR) is 46.5 cm³/mol. The van der Waals surface area contributed by atoms with Gasteiger partial charge in [0.1, 0.15) is 4.60 Å². The zero-order chi connectivity index (χ0) is 7.56. The Kier molecular flexibility index (Phi) is 2.51. The van der Waals surface area contributed by atoms with E-state index in [0.29, 0.717) is 5.02 Å². The normalized spacial score (nSPS) is 9.50. The highest BCUT2D eigenvalue weighted by molar-refractivity contribution is 9.10. The molecule has 0 amide bonds. The van der Waals surface area contributed by atoms with Crippen molar-refractivity contribution in [1.82, 2.24) is 4.98 Å². The molecule has 0 aromatic carbocycles. The van der Waals surface area contributed by atoms with Crippen molar-refractivity contribution in [1.29, 1.82) is 0 Å². The van der Waals surface area contributed by atoms with Crippen LogP contribution >= 0.6 is 27.5 Å². The molecule has 1 N–H and O–H groups in total. The summed E-state index contributed by atoms with van der Waals surface area (Å²) in [6.45, 7) is 0. The summed E-state index contributed by atoms with van der Waals surface area (Å²) in [4.78, 5) is 3.98. The Hall–Kier alpha value is -0.280. The van der Waals surface area contributed by atoms with Gasteiger partial charge in [0.25, 0.3) is 0 Å². The van der Waals surface area contributed by atoms with Gasteiger partial charge in [-0.05, 0) is 22.0 Å². The average Bonchev–Trinajstić information content (AvgIpc) is 1.88. The first-order valence-corrected chi connectivity index (χ1v) is 3.90. The van der Waals surface area contributed by atoms with Crippen LogP contribution in [0.4, 0.5) is 5.69 Å². The molecular formula is C6H6BrClN2. The summed E-state index contributed by atoms with van der Waals surface area (Å²) in [5.41, 5.74) is 0.838. The number of hydrogen-bond donors (Lipinski definition) is 1. The zero-order valence-corrected chi connectivity index (χ0v) is 7.70. The van der Waals surface area contributed by atoms with E-state index in [0.717, 1.165) is 10.3 Å². The highest BCUT2D eigenvalue weighted by Crippen LogP contribution is 2.22. The fourth-order valence-corrected chi connectivity index (χ4v) is 1.30. The number of hydrogen-bond acceptors (Lipinski definition) is 2. The molecule has 10 heavy (non-hydrogen) atoms. The van der Waals surface area contributed by atoms with Crippen LogP contribution in [0.25, 0.3) is 0 Å². The fourth-order valence-electron chi connectivity index (χ4n) is 0.591. The third kappa shape index (κ3) is 1.61. The molecule has 0 bridgehead atoms. The lowest BCUT2D eigenvalue weighted by atomic mass is 10.4. The molecule has 0 spiro atoms. The Balaban J connectivity index is 3.07. The quantitative estimate of drug-likeness (QED) is 0.737. The standard InChI is InChI=1S/C6H6BrClN2/c1-9-5-3-10-6(7)2-4(5)8/h2-3,9H,1H3. The minimum absolute atomic E-state index is 0.671. The topological polar surface area (TPSA) is 24.9 Å². The monoisotopic (exact) mass is 220 g/mol. The van der Waals surface area contributed by atoms with Crippen LogP contribution in [0, 0.1) is 0 Å². The lowest BCUT2D eigenvalue weighted by Crippen LogP contribution is -1.89. The number of halogens is 2. The number of nitrogens with one attached hydrogen (secondary N) is 1. The molecule has 1 rings (SSSR count). The third-order valence-electron chi connectivity index (χ3n) is 1.09. The van der Waals surface area contributed by atoms with Crippen LogP contribution in [0.1, 0.15) is 0 Å². The molecule has 1 aromatic heterocycles. The second kappa shape index (κ2) is 3.21. The largest absolute Gasteiger partial charge is 0.386 e. The Morgan fingerprint density at radius 2 is 2.40 bits per heavy atom. The Labute approximate surface area is 72.7 Å². The summed E-state index contributed by atoms with van der Waals surface area (Å²) in [6.07, 6.45) is 1.67. The SMILES string of the molecule is CNc1cnc(Br)cc1Cl. The van der Waals surface area contributed by atoms with Gasteiger partial charge in [0.05, 0.1) is 16.9 Å². The van der Waals surface area contributed by atoms with Crippen molar-refractivity contribution in [3.05, 3.63) is 21.9 Å². The van der Waals surface area contributed by atoms with Gasteiger partial charge in [0.15, 0.2) is 0 Å². The molecule has 0 saturated carbocycles. The van der Waals surface area contributed by atoms with Crippen LogP contribution in [0.15, 0.2) is 16.9 Å². The highest BCUT2D eigenvalue weighted by Gasteiger charge is 1.97. The van der Waals surface area contributed by atoms with Crippen LogP contribution in [0.3, 0.4) is 0 Å². The smallest absolute Gasteiger partial charge is 0.107 e. The van der Waals surface area contributed by atoms with E-state index in [1.165, 1.54) is 0 Å². The third-order valence-corrected chi connectivity index (χ3v) is 1.84. The van der Waals surface area contributed by atoms with Crippen LogP contribution in [0.2, 0.25) is 5.02 Å². The number of rotatable bonds is 1. The van der Waals surface area contributed by atoms with Crippen molar-refractivity contribution in [3.8, 4) is 0 Å². The second-order valence-electron chi connectivity index (χ2n) is 1.74. The second-order valence-corrected chi connectivity index (χ2v) is 2.96. The molecule has 0 fully saturated rings. The maximum atomic E-state index is 5.80. The maximum absolute atomic E-state index is 5.80. The van der Waals surface area contributed by atoms with Crippen molar-refractivity contribution in [2.45, 2.75) is 0 Å². The van der Waals surface area contributed by atoms with Crippen LogP contribution < -0.4 is 5.32 Å². The van der Waals surface area contributed by atoms with Crippen molar-refractivity contribution >= 4 is 33.2 Å². The Morgan fingerprint density at radius 1 is 1.70 bits per heavy atom. The molecule has 4 heteroatoms. The number of anilines is 1. The van der Waals surface area contributed by atoms with Gasteiger partial charge >= 0.3 is 0 Å². The molecule has 0 atom stereocenters. The van der Waals surface area contributed by atoms with Gasteiger partial charge in [0, 0.05) is 7.05 Å². The molecule has 0 aliphatic carbocycles. The van der Waals surface area contributed by atoms with Crippen molar-refractivity contribution in [2.24, 2.45) is 0 Å². The molecule has 1 heterocycles. The number of aromatic nitrogens is 1. The van der Waals surface area contributed by atoms with Gasteiger partial charge in [-0.3, -0.25) is 0 Å². The first kappa shape index (κ1) is 7.82. The molecule has 0 aliphatic heterocycles. The minimum atomic E-state index is 0.671. The van der Waals surface area contributed by atoms with E-state index in [1.807, 2.05) is 0 Å². The van der Waals surface area contributed by atoms with Crippen LogP contribution in [0.5, 0.6) is 0 Å². The van der Waals surface area contributed by atoms with Crippen molar-refractivity contribution in [2.75, 3.05) is 12.4 Å². The van der Waals surface area contributed by atoms with E-state index in [1.54, 1.807) is 19.3 Å². The molecule has 54 valence electrons. The Morgan fingerprint density at radius 3 is 2.90 bits per heavy atom. The highest BCUT2D eigenvalue weighted by atomic mass is 79.9. The summed E-state index contributed by atoms with van der Waals surface area (Å²) >= 11 is 9.00. The van der Waals surface area contributed by atoms with E-state index < -0.39 is 0 Å². The van der Waals surface area contributed by atoms with Gasteiger partial charge in [-0.2, -0.15) is 0 Å². The summed E-state index contributed by atoms with van der Waals surface area (Å²) in [7, 11) is 1.80. The summed E-state index contributed by atoms with van der Waals surface area (Å²) < 4.78 is 0.747. The van der Waals surface area contributed by atoms with E-state index in [2.05, 4.69) is 26.2 Å². The van der Waals surface area contributed by atoms with Crippen molar-refractivity contribution < 1.29 is 0 Å². The molecule has 0 unspecified atom stereocenters. The predicted octanol–water partition coefficient (Wildman–Crippen LogP) is 2.54. The van der Waals surface area contributed by atoms with Crippen molar-refractivity contribution in [3.63, 3.8) is 0 Å². The fraction of sp³-hybridized carbons (Fsp3) is 0.167. The van der Waals surface area contributed by atoms with Gasteiger partial charge in [-0.1, -0.05) is 11.6 Å². The minimum Gasteiger partial charge on any atom is -0.386 e. The number of pyridine rings is 1. The van der Waals surface area contributed by atoms with Gasteiger partial charge < -0.3 is 5.32 Å². The van der Waals surface area contributed by atoms with E-state index in [9.17, 15) is 0 Å². The van der Waals surface area contributed by atoms with Gasteiger partial charge in [0.2, 0.25) is 0 Å². The summed E-state index contributed by atoms with van der Waals surface area (Å²) in [6, 6.07) is 1.74. The first-order chi connectivity index (χ1) is 4.74. The lowest BCUT2D eigenvalue weighted by molar-refractivity contribution is 1.27. The van der Waals surface area contributed by atoms with Gasteiger partial charge in [-0.25, -0.2) is 4.98 Å². The zero-order valence-electron chi connectivity index (χ0n) is 5.36. The molecule has 0 aliphatic rings. The van der Waals surface area contributed by atoms with E-state index in [4.69, 9.17) is 11.6 Å². The van der Waals surface area contributed by atoms with Gasteiger partial charge in [-0.15, -0.1) is 0 Å².